The van der Waals surface area contributed by atoms with Gasteiger partial charge < -0.3 is 10.4 Å². The van der Waals surface area contributed by atoms with Crippen LogP contribution in [-0.4, -0.2) is 53.6 Å². The van der Waals surface area contributed by atoms with Crippen molar-refractivity contribution in [2.75, 3.05) is 19.6 Å². The maximum atomic E-state index is 11.8. The van der Waals surface area contributed by atoms with Gasteiger partial charge in [-0.2, -0.15) is 0 Å². The van der Waals surface area contributed by atoms with Gasteiger partial charge in [-0.25, -0.2) is 4.79 Å². The normalized spacial score (nSPS) is 22.6. The van der Waals surface area contributed by atoms with Gasteiger partial charge >= 0.3 is 12.0 Å². The molecule has 0 radical (unpaired) electrons. The first kappa shape index (κ1) is 15.8. The molecule has 0 bridgehead atoms. The Morgan fingerprint density at radius 2 is 1.95 bits per heavy atom. The van der Waals surface area contributed by atoms with Crippen LogP contribution in [0.2, 0.25) is 0 Å². The highest BCUT2D eigenvalue weighted by Gasteiger charge is 2.25. The van der Waals surface area contributed by atoms with Gasteiger partial charge in [0.15, 0.2) is 0 Å². The van der Waals surface area contributed by atoms with Crippen molar-refractivity contribution in [1.29, 1.82) is 0 Å². The maximum absolute atomic E-state index is 11.8. The number of nitrogens with one attached hydrogen (secondary N) is 2. The number of hydrogen-bond acceptors (Lipinski definition) is 4. The molecule has 2 rings (SSSR count). The number of nitrogens with zero attached hydrogens (tertiary/aromatic N) is 1. The molecular weight excluding hydrogens is 274 g/mol. The summed E-state index contributed by atoms with van der Waals surface area (Å²) in [5.74, 6) is -0.753. The van der Waals surface area contributed by atoms with E-state index in [0.29, 0.717) is 12.3 Å². The monoisotopic (exact) mass is 297 g/mol. The zero-order chi connectivity index (χ0) is 15.2. The van der Waals surface area contributed by atoms with E-state index in [2.05, 4.69) is 10.6 Å². The predicted octanol–water partition coefficient (Wildman–Crippen LogP) is 0.551. The summed E-state index contributed by atoms with van der Waals surface area (Å²) in [5.41, 5.74) is 0. The largest absolute Gasteiger partial charge is 0.481 e. The van der Waals surface area contributed by atoms with Crippen molar-refractivity contribution >= 4 is 17.9 Å². The first-order valence-corrected chi connectivity index (χ1v) is 7.57. The number of amides is 3. The Hall–Kier alpha value is -1.63. The van der Waals surface area contributed by atoms with E-state index in [1.807, 2.05) is 4.90 Å². The molecule has 118 valence electrons. The van der Waals surface area contributed by atoms with Crippen LogP contribution in [0.5, 0.6) is 0 Å². The number of likely N-dealkylation sites (tertiary alicyclic amines) is 1. The molecule has 1 saturated heterocycles. The molecule has 1 atom stereocenters. The molecule has 7 nitrogen and oxygen atoms in total. The highest BCUT2D eigenvalue weighted by atomic mass is 16.4. The van der Waals surface area contributed by atoms with Gasteiger partial charge in [0.2, 0.25) is 5.91 Å². The Morgan fingerprint density at radius 1 is 1.19 bits per heavy atom. The molecule has 0 spiro atoms. The van der Waals surface area contributed by atoms with Gasteiger partial charge in [0.1, 0.15) is 0 Å². The summed E-state index contributed by atoms with van der Waals surface area (Å²) in [4.78, 5) is 35.8. The third-order valence-electron chi connectivity index (χ3n) is 3.90. The molecular formula is C14H23N3O4. The zero-order valence-corrected chi connectivity index (χ0v) is 12.1. The van der Waals surface area contributed by atoms with Crippen molar-refractivity contribution in [2.45, 2.75) is 44.6 Å². The second-order valence-corrected chi connectivity index (χ2v) is 5.97. The fourth-order valence-corrected chi connectivity index (χ4v) is 2.68. The molecule has 2 aliphatic rings. The third kappa shape index (κ3) is 6.12. The van der Waals surface area contributed by atoms with E-state index in [4.69, 9.17) is 5.11 Å². The summed E-state index contributed by atoms with van der Waals surface area (Å²) < 4.78 is 0. The number of carbonyl (C=O) groups is 3. The van der Waals surface area contributed by atoms with Gasteiger partial charge in [0.05, 0.1) is 6.54 Å². The number of carboxylic acids is 1. The van der Waals surface area contributed by atoms with Crippen LogP contribution in [0, 0.1) is 5.92 Å². The number of piperidine rings is 1. The number of aliphatic carboxylic acids is 1. The van der Waals surface area contributed by atoms with E-state index in [1.54, 1.807) is 0 Å². The standard InChI is InChI=1S/C14H23N3O4/c18-12(16-14(21)15-11-4-5-11)9-17-7-1-2-10(8-17)3-6-13(19)20/h10-11H,1-9H2,(H,19,20)(H2,15,16,18,21). The predicted molar refractivity (Wildman–Crippen MR) is 75.7 cm³/mol. The summed E-state index contributed by atoms with van der Waals surface area (Å²) >= 11 is 0. The molecule has 1 unspecified atom stereocenters. The number of carbonyl (C=O) groups excluding carboxylic acids is 2. The maximum Gasteiger partial charge on any atom is 0.321 e. The van der Waals surface area contributed by atoms with E-state index in [1.165, 1.54) is 0 Å². The second-order valence-electron chi connectivity index (χ2n) is 5.97. The van der Waals surface area contributed by atoms with E-state index < -0.39 is 12.0 Å². The summed E-state index contributed by atoms with van der Waals surface area (Å²) in [6.45, 7) is 1.74. The fourth-order valence-electron chi connectivity index (χ4n) is 2.68. The molecule has 3 N–H and O–H groups in total. The van der Waals surface area contributed by atoms with Gasteiger partial charge in [-0.15, -0.1) is 0 Å². The van der Waals surface area contributed by atoms with Crippen molar-refractivity contribution in [2.24, 2.45) is 5.92 Å². The molecule has 3 amide bonds. The lowest BCUT2D eigenvalue weighted by molar-refractivity contribution is -0.137. The van der Waals surface area contributed by atoms with Crippen LogP contribution in [0.1, 0.15) is 38.5 Å². The molecule has 7 heteroatoms. The molecule has 0 aromatic heterocycles. The summed E-state index contributed by atoms with van der Waals surface area (Å²) in [6, 6.07) is -0.185. The van der Waals surface area contributed by atoms with E-state index in [9.17, 15) is 14.4 Å². The zero-order valence-electron chi connectivity index (χ0n) is 12.1. The van der Waals surface area contributed by atoms with Gasteiger partial charge in [-0.3, -0.25) is 19.8 Å². The lowest BCUT2D eigenvalue weighted by Crippen LogP contribution is -2.47. The quantitative estimate of drug-likeness (QED) is 0.665. The Labute approximate surface area is 124 Å². The van der Waals surface area contributed by atoms with Crippen LogP contribution < -0.4 is 10.6 Å². The Morgan fingerprint density at radius 3 is 2.62 bits per heavy atom. The molecule has 2 fully saturated rings. The average molecular weight is 297 g/mol. The Balaban J connectivity index is 1.67. The van der Waals surface area contributed by atoms with E-state index in [-0.39, 0.29) is 24.9 Å². The topological polar surface area (TPSA) is 98.7 Å². The molecule has 1 saturated carbocycles. The molecule has 21 heavy (non-hydrogen) atoms. The van der Waals surface area contributed by atoms with Crippen molar-refractivity contribution in [3.8, 4) is 0 Å². The van der Waals surface area contributed by atoms with Crippen LogP contribution in [0.3, 0.4) is 0 Å². The molecule has 0 aromatic rings. The van der Waals surface area contributed by atoms with E-state index in [0.717, 1.165) is 38.8 Å². The van der Waals surface area contributed by atoms with Crippen LogP contribution >= 0.6 is 0 Å². The number of rotatable bonds is 6. The Kier molecular flexibility index (Phi) is 5.55. The lowest BCUT2D eigenvalue weighted by atomic mass is 9.93. The second kappa shape index (κ2) is 7.40. The summed E-state index contributed by atoms with van der Waals surface area (Å²) in [5, 5.41) is 13.8. The van der Waals surface area contributed by atoms with Crippen LogP contribution in [0.4, 0.5) is 4.79 Å². The van der Waals surface area contributed by atoms with Crippen molar-refractivity contribution < 1.29 is 19.5 Å². The van der Waals surface area contributed by atoms with E-state index >= 15 is 0 Å². The SMILES string of the molecule is O=C(O)CCC1CCCN(CC(=O)NC(=O)NC2CC2)C1. The smallest absolute Gasteiger partial charge is 0.321 e. The number of carboxylic acid groups (broad SMARTS) is 1. The molecule has 1 aliphatic heterocycles. The summed E-state index contributed by atoms with van der Waals surface area (Å²) in [6.07, 6.45) is 4.77. The van der Waals surface area contributed by atoms with Crippen molar-refractivity contribution in [3.05, 3.63) is 0 Å². The highest BCUT2D eigenvalue weighted by Crippen LogP contribution is 2.20. The first-order valence-electron chi connectivity index (χ1n) is 7.57. The number of urea groups is 1. The average Bonchev–Trinajstić information content (AvgIpc) is 3.20. The van der Waals surface area contributed by atoms with Crippen molar-refractivity contribution in [1.82, 2.24) is 15.5 Å². The minimum atomic E-state index is -0.776. The van der Waals surface area contributed by atoms with Gasteiger partial charge in [-0.1, -0.05) is 0 Å². The minimum absolute atomic E-state index is 0.175. The highest BCUT2D eigenvalue weighted by molar-refractivity contribution is 5.95. The van der Waals surface area contributed by atoms with Gasteiger partial charge in [-0.05, 0) is 44.6 Å². The number of imide groups is 1. The first-order chi connectivity index (χ1) is 10.0. The molecule has 1 aliphatic carbocycles. The van der Waals surface area contributed by atoms with Crippen LogP contribution in [0.25, 0.3) is 0 Å². The minimum Gasteiger partial charge on any atom is -0.481 e. The van der Waals surface area contributed by atoms with Crippen LogP contribution in [0.15, 0.2) is 0 Å². The molecule has 1 heterocycles. The fraction of sp³-hybridized carbons (Fsp3) is 0.786. The van der Waals surface area contributed by atoms with Gasteiger partial charge in [0.25, 0.3) is 0 Å². The number of hydrogen-bond donors (Lipinski definition) is 3. The summed E-state index contributed by atoms with van der Waals surface area (Å²) in [7, 11) is 0. The van der Waals surface area contributed by atoms with Gasteiger partial charge in [0, 0.05) is 19.0 Å². The van der Waals surface area contributed by atoms with Crippen LogP contribution in [-0.2, 0) is 9.59 Å². The third-order valence-corrected chi connectivity index (χ3v) is 3.90. The Bertz CT molecular complexity index is 409. The van der Waals surface area contributed by atoms with Crippen molar-refractivity contribution in [3.63, 3.8) is 0 Å². The lowest BCUT2D eigenvalue weighted by Gasteiger charge is -2.31. The molecule has 0 aromatic carbocycles.